The fraction of sp³-hybridized carbons (Fsp3) is 0.800. The van der Waals surface area contributed by atoms with Crippen LogP contribution in [-0.4, -0.2) is 38.0 Å². The van der Waals surface area contributed by atoms with Crippen LogP contribution in [-0.2, 0) is 15.0 Å². The normalized spacial score (nSPS) is 26.9. The Morgan fingerprint density at radius 1 is 1.60 bits per heavy atom. The summed E-state index contributed by atoms with van der Waals surface area (Å²) in [4.78, 5) is 4.74. The first-order valence-corrected chi connectivity index (χ1v) is 8.36. The van der Waals surface area contributed by atoms with E-state index in [2.05, 4.69) is 24.5 Å². The fourth-order valence-corrected chi connectivity index (χ4v) is 3.87. The Balaban J connectivity index is 2.14. The molecule has 0 radical (unpaired) electrons. The second kappa shape index (κ2) is 7.50. The molecule has 0 bridgehead atoms. The molecule has 5 heteroatoms. The summed E-state index contributed by atoms with van der Waals surface area (Å²) < 4.78 is 11.1. The van der Waals surface area contributed by atoms with Crippen molar-refractivity contribution in [2.75, 3.05) is 26.9 Å². The van der Waals surface area contributed by atoms with Crippen molar-refractivity contribution in [1.29, 1.82) is 0 Å². The second-order valence-electron chi connectivity index (χ2n) is 5.53. The van der Waals surface area contributed by atoms with Crippen LogP contribution in [0.25, 0.3) is 0 Å². The first-order chi connectivity index (χ1) is 9.70. The zero-order chi connectivity index (χ0) is 14.4. The molecule has 0 amide bonds. The Labute approximate surface area is 125 Å². The van der Waals surface area contributed by atoms with Crippen molar-refractivity contribution < 1.29 is 9.47 Å². The molecule has 2 atom stereocenters. The summed E-state index contributed by atoms with van der Waals surface area (Å²) in [6.07, 6.45) is 4.63. The van der Waals surface area contributed by atoms with Crippen LogP contribution < -0.4 is 5.32 Å². The summed E-state index contributed by atoms with van der Waals surface area (Å²) in [5.74, 6) is 0. The van der Waals surface area contributed by atoms with E-state index in [0.29, 0.717) is 6.10 Å². The number of hydrogen-bond acceptors (Lipinski definition) is 5. The lowest BCUT2D eigenvalue weighted by molar-refractivity contribution is -0.0362. The molecule has 1 aliphatic rings. The van der Waals surface area contributed by atoms with Gasteiger partial charge < -0.3 is 14.8 Å². The third-order valence-electron chi connectivity index (χ3n) is 3.87. The molecule has 4 nitrogen and oxygen atoms in total. The summed E-state index contributed by atoms with van der Waals surface area (Å²) >= 11 is 1.76. The molecule has 1 aliphatic heterocycles. The molecule has 0 aliphatic carbocycles. The van der Waals surface area contributed by atoms with E-state index in [1.807, 2.05) is 0 Å². The van der Waals surface area contributed by atoms with Gasteiger partial charge in [-0.1, -0.05) is 13.3 Å². The minimum absolute atomic E-state index is 0.0322. The molecule has 0 aromatic carbocycles. The number of nitrogens with zero attached hydrogens (tertiary/aromatic N) is 1. The number of ether oxygens (including phenoxy) is 2. The van der Waals surface area contributed by atoms with Gasteiger partial charge in [0.15, 0.2) is 0 Å². The topological polar surface area (TPSA) is 43.4 Å². The lowest BCUT2D eigenvalue weighted by atomic mass is 9.85. The predicted molar refractivity (Wildman–Crippen MR) is 82.3 cm³/mol. The highest BCUT2D eigenvalue weighted by Crippen LogP contribution is 2.37. The van der Waals surface area contributed by atoms with Crippen LogP contribution in [0.2, 0.25) is 0 Å². The third-order valence-corrected chi connectivity index (χ3v) is 5.03. The van der Waals surface area contributed by atoms with Gasteiger partial charge in [0.25, 0.3) is 0 Å². The SMILES string of the molecule is CCCC1CC(NCCOC)(c2nc(C)cs2)CCO1. The maximum Gasteiger partial charge on any atom is 0.113 e. The van der Waals surface area contributed by atoms with E-state index in [1.54, 1.807) is 18.4 Å². The minimum Gasteiger partial charge on any atom is -0.383 e. The molecule has 1 N–H and O–H groups in total. The van der Waals surface area contributed by atoms with Crippen LogP contribution in [0, 0.1) is 6.92 Å². The zero-order valence-electron chi connectivity index (χ0n) is 12.8. The Bertz CT molecular complexity index is 408. The van der Waals surface area contributed by atoms with Gasteiger partial charge in [-0.15, -0.1) is 11.3 Å². The third kappa shape index (κ3) is 3.79. The predicted octanol–water partition coefficient (Wildman–Crippen LogP) is 2.86. The van der Waals surface area contributed by atoms with Crippen molar-refractivity contribution in [2.45, 2.75) is 51.2 Å². The van der Waals surface area contributed by atoms with Crippen molar-refractivity contribution in [3.05, 3.63) is 16.1 Å². The zero-order valence-corrected chi connectivity index (χ0v) is 13.6. The highest BCUT2D eigenvalue weighted by atomic mass is 32.1. The Morgan fingerprint density at radius 3 is 3.10 bits per heavy atom. The Kier molecular flexibility index (Phi) is 5.96. The first kappa shape index (κ1) is 15.9. The average molecular weight is 298 g/mol. The van der Waals surface area contributed by atoms with Crippen molar-refractivity contribution in [2.24, 2.45) is 0 Å². The van der Waals surface area contributed by atoms with E-state index in [9.17, 15) is 0 Å². The molecule has 1 aromatic rings. The number of methoxy groups -OCH3 is 1. The monoisotopic (exact) mass is 298 g/mol. The maximum absolute atomic E-state index is 5.91. The van der Waals surface area contributed by atoms with E-state index in [4.69, 9.17) is 14.5 Å². The molecule has 2 heterocycles. The summed E-state index contributed by atoms with van der Waals surface area (Å²) in [7, 11) is 1.74. The van der Waals surface area contributed by atoms with Gasteiger partial charge in [-0.25, -0.2) is 4.98 Å². The van der Waals surface area contributed by atoms with Crippen molar-refractivity contribution in [1.82, 2.24) is 10.3 Å². The standard InChI is InChI=1S/C15H26N2O2S/c1-4-5-13-10-15(6-8-19-13,16-7-9-18-3)14-17-12(2)11-20-14/h11,13,16H,4-10H2,1-3H3. The van der Waals surface area contributed by atoms with Gasteiger partial charge in [-0.3, -0.25) is 0 Å². The quantitative estimate of drug-likeness (QED) is 0.786. The number of nitrogens with one attached hydrogen (secondary N) is 1. The molecule has 1 fully saturated rings. The molecule has 1 saturated heterocycles. The van der Waals surface area contributed by atoms with Crippen LogP contribution in [0.1, 0.15) is 43.3 Å². The van der Waals surface area contributed by atoms with Gasteiger partial charge >= 0.3 is 0 Å². The molecular weight excluding hydrogens is 272 g/mol. The van der Waals surface area contributed by atoms with E-state index in [0.717, 1.165) is 51.1 Å². The smallest absolute Gasteiger partial charge is 0.113 e. The summed E-state index contributed by atoms with van der Waals surface area (Å²) in [6.45, 7) is 6.67. The summed E-state index contributed by atoms with van der Waals surface area (Å²) in [6, 6.07) is 0. The van der Waals surface area contributed by atoms with Gasteiger partial charge in [0.1, 0.15) is 5.01 Å². The number of thiazole rings is 1. The van der Waals surface area contributed by atoms with E-state index in [-0.39, 0.29) is 5.54 Å². The molecule has 2 rings (SSSR count). The van der Waals surface area contributed by atoms with Gasteiger partial charge in [0, 0.05) is 31.3 Å². The van der Waals surface area contributed by atoms with Crippen LogP contribution in [0.3, 0.4) is 0 Å². The summed E-state index contributed by atoms with van der Waals surface area (Å²) in [5, 5.41) is 7.04. The molecule has 2 unspecified atom stereocenters. The largest absolute Gasteiger partial charge is 0.383 e. The van der Waals surface area contributed by atoms with Crippen molar-refractivity contribution in [3.8, 4) is 0 Å². The summed E-state index contributed by atoms with van der Waals surface area (Å²) in [5.41, 5.74) is 1.08. The van der Waals surface area contributed by atoms with E-state index >= 15 is 0 Å². The molecular formula is C15H26N2O2S. The van der Waals surface area contributed by atoms with Gasteiger partial charge in [-0.05, 0) is 26.2 Å². The van der Waals surface area contributed by atoms with Crippen LogP contribution >= 0.6 is 11.3 Å². The van der Waals surface area contributed by atoms with Crippen molar-refractivity contribution >= 4 is 11.3 Å². The van der Waals surface area contributed by atoms with E-state index in [1.165, 1.54) is 5.01 Å². The van der Waals surface area contributed by atoms with Gasteiger partial charge in [0.2, 0.25) is 0 Å². The van der Waals surface area contributed by atoms with E-state index < -0.39 is 0 Å². The Hall–Kier alpha value is -0.490. The molecule has 1 aromatic heterocycles. The Morgan fingerprint density at radius 2 is 2.45 bits per heavy atom. The first-order valence-electron chi connectivity index (χ1n) is 7.48. The van der Waals surface area contributed by atoms with Crippen molar-refractivity contribution in [3.63, 3.8) is 0 Å². The number of aromatic nitrogens is 1. The van der Waals surface area contributed by atoms with Gasteiger partial charge in [-0.2, -0.15) is 0 Å². The lowest BCUT2D eigenvalue weighted by Crippen LogP contribution is -2.50. The number of aryl methyl sites for hydroxylation is 1. The number of hydrogen-bond donors (Lipinski definition) is 1. The van der Waals surface area contributed by atoms with Crippen LogP contribution in [0.15, 0.2) is 5.38 Å². The van der Waals surface area contributed by atoms with Gasteiger partial charge in [0.05, 0.1) is 18.2 Å². The average Bonchev–Trinajstić information content (AvgIpc) is 2.87. The fourth-order valence-electron chi connectivity index (χ4n) is 2.85. The lowest BCUT2D eigenvalue weighted by Gasteiger charge is -2.40. The highest BCUT2D eigenvalue weighted by Gasteiger charge is 2.40. The van der Waals surface area contributed by atoms with Crippen LogP contribution in [0.5, 0.6) is 0 Å². The second-order valence-corrected chi connectivity index (χ2v) is 6.39. The highest BCUT2D eigenvalue weighted by molar-refractivity contribution is 7.09. The molecule has 0 saturated carbocycles. The molecule has 20 heavy (non-hydrogen) atoms. The minimum atomic E-state index is -0.0322. The molecule has 0 spiro atoms. The van der Waals surface area contributed by atoms with Crippen LogP contribution in [0.4, 0.5) is 0 Å². The maximum atomic E-state index is 5.91. The number of rotatable bonds is 7. The molecule has 114 valence electrons.